The van der Waals surface area contributed by atoms with Gasteiger partial charge in [0.1, 0.15) is 0 Å². The third-order valence-corrected chi connectivity index (χ3v) is 3.06. The van der Waals surface area contributed by atoms with Crippen LogP contribution in [0.1, 0.15) is 25.8 Å². The molecule has 0 fully saturated rings. The van der Waals surface area contributed by atoms with Gasteiger partial charge in [0.15, 0.2) is 0 Å². The van der Waals surface area contributed by atoms with Crippen molar-refractivity contribution in [2.45, 2.75) is 32.2 Å². The zero-order chi connectivity index (χ0) is 10.6. The maximum absolute atomic E-state index is 5.74. The molecule has 14 heavy (non-hydrogen) atoms. The predicted octanol–water partition coefficient (Wildman–Crippen LogP) is 3.66. The van der Waals surface area contributed by atoms with Gasteiger partial charge in [-0.3, -0.25) is 0 Å². The highest BCUT2D eigenvalue weighted by Crippen LogP contribution is 2.17. The van der Waals surface area contributed by atoms with Crippen molar-refractivity contribution in [3.63, 3.8) is 0 Å². The molecule has 0 aliphatic rings. The molecule has 1 aromatic rings. The second-order valence-electron chi connectivity index (χ2n) is 3.67. The van der Waals surface area contributed by atoms with E-state index in [1.165, 1.54) is 11.3 Å². The lowest BCUT2D eigenvalue weighted by atomic mass is 10.1. The summed E-state index contributed by atoms with van der Waals surface area (Å²) in [5.41, 5.74) is 2.43. The van der Waals surface area contributed by atoms with Crippen molar-refractivity contribution in [3.05, 3.63) is 29.8 Å². The molecule has 0 aliphatic heterocycles. The fourth-order valence-corrected chi connectivity index (χ4v) is 1.53. The number of halogens is 1. The highest BCUT2D eigenvalue weighted by atomic mass is 35.5. The Morgan fingerprint density at radius 2 is 1.86 bits per heavy atom. The average molecular weight is 212 g/mol. The fraction of sp³-hybridized carbons (Fsp3) is 0.500. The summed E-state index contributed by atoms with van der Waals surface area (Å²) in [7, 11) is 2.13. The van der Waals surface area contributed by atoms with E-state index in [9.17, 15) is 0 Å². The zero-order valence-electron chi connectivity index (χ0n) is 9.13. The minimum Gasteiger partial charge on any atom is -0.372 e. The van der Waals surface area contributed by atoms with Gasteiger partial charge in [-0.25, -0.2) is 0 Å². The molecule has 0 N–H and O–H groups in total. The third kappa shape index (κ3) is 2.65. The van der Waals surface area contributed by atoms with E-state index in [0.717, 1.165) is 6.42 Å². The van der Waals surface area contributed by atoms with E-state index >= 15 is 0 Å². The minimum absolute atomic E-state index is 0.580. The van der Waals surface area contributed by atoms with Crippen LogP contribution in [0.4, 0.5) is 5.69 Å². The molecule has 0 saturated heterocycles. The molecule has 0 spiro atoms. The van der Waals surface area contributed by atoms with Crippen LogP contribution in [0.25, 0.3) is 0 Å². The summed E-state index contributed by atoms with van der Waals surface area (Å²) in [5.74, 6) is 0.591. The Hall–Kier alpha value is -0.690. The van der Waals surface area contributed by atoms with Crippen LogP contribution in [-0.4, -0.2) is 13.1 Å². The van der Waals surface area contributed by atoms with E-state index in [-0.39, 0.29) is 0 Å². The van der Waals surface area contributed by atoms with Gasteiger partial charge in [0, 0.05) is 24.7 Å². The van der Waals surface area contributed by atoms with E-state index in [1.54, 1.807) is 0 Å². The number of hydrogen-bond acceptors (Lipinski definition) is 1. The molecule has 0 aromatic heterocycles. The van der Waals surface area contributed by atoms with Crippen molar-refractivity contribution in [1.29, 1.82) is 0 Å². The topological polar surface area (TPSA) is 3.24 Å². The van der Waals surface area contributed by atoms with Crippen LogP contribution in [0.3, 0.4) is 0 Å². The number of rotatable bonds is 4. The van der Waals surface area contributed by atoms with Crippen LogP contribution >= 0.6 is 11.6 Å². The second-order valence-corrected chi connectivity index (χ2v) is 3.94. The summed E-state index contributed by atoms with van der Waals surface area (Å²) in [4.78, 5) is 2.29. The van der Waals surface area contributed by atoms with Gasteiger partial charge in [0.2, 0.25) is 0 Å². The molecule has 1 unspecified atom stereocenters. The molecule has 1 rings (SSSR count). The SMILES string of the molecule is CCC(C)N(C)c1ccc(CCl)cc1. The van der Waals surface area contributed by atoms with Crippen molar-refractivity contribution < 1.29 is 0 Å². The van der Waals surface area contributed by atoms with Crippen LogP contribution in [0.5, 0.6) is 0 Å². The zero-order valence-corrected chi connectivity index (χ0v) is 9.88. The minimum atomic E-state index is 0.580. The summed E-state index contributed by atoms with van der Waals surface area (Å²) < 4.78 is 0. The van der Waals surface area contributed by atoms with Gasteiger partial charge in [0.25, 0.3) is 0 Å². The van der Waals surface area contributed by atoms with E-state index in [0.29, 0.717) is 11.9 Å². The van der Waals surface area contributed by atoms with Crippen molar-refractivity contribution in [1.82, 2.24) is 0 Å². The molecule has 78 valence electrons. The molecule has 0 amide bonds. The van der Waals surface area contributed by atoms with E-state index in [4.69, 9.17) is 11.6 Å². The third-order valence-electron chi connectivity index (χ3n) is 2.75. The number of benzene rings is 1. The summed E-state index contributed by atoms with van der Waals surface area (Å²) in [5, 5.41) is 0. The highest BCUT2D eigenvalue weighted by molar-refractivity contribution is 6.17. The standard InChI is InChI=1S/C12H18ClN/c1-4-10(2)14(3)12-7-5-11(9-13)6-8-12/h5-8,10H,4,9H2,1-3H3. The van der Waals surface area contributed by atoms with Crippen LogP contribution in [0, 0.1) is 0 Å². The first-order valence-corrected chi connectivity index (χ1v) is 5.60. The molecule has 1 aromatic carbocycles. The van der Waals surface area contributed by atoms with E-state index < -0.39 is 0 Å². The normalized spacial score (nSPS) is 12.6. The lowest BCUT2D eigenvalue weighted by Gasteiger charge is -2.26. The molecule has 2 heteroatoms. The Morgan fingerprint density at radius 3 is 2.29 bits per heavy atom. The second kappa shape index (κ2) is 5.26. The van der Waals surface area contributed by atoms with E-state index in [2.05, 4.69) is 50.1 Å². The fourth-order valence-electron chi connectivity index (χ4n) is 1.35. The van der Waals surface area contributed by atoms with Gasteiger partial charge in [-0.05, 0) is 31.0 Å². The molecule has 0 saturated carbocycles. The summed E-state index contributed by atoms with van der Waals surface area (Å²) >= 11 is 5.74. The van der Waals surface area contributed by atoms with Gasteiger partial charge in [-0.1, -0.05) is 19.1 Å². The maximum atomic E-state index is 5.74. The Balaban J connectivity index is 2.75. The lowest BCUT2D eigenvalue weighted by Crippen LogP contribution is -2.27. The predicted molar refractivity (Wildman–Crippen MR) is 64.2 cm³/mol. The first-order valence-electron chi connectivity index (χ1n) is 5.06. The number of nitrogens with zero attached hydrogens (tertiary/aromatic N) is 1. The van der Waals surface area contributed by atoms with Crippen LogP contribution < -0.4 is 4.90 Å². The van der Waals surface area contributed by atoms with E-state index in [1.807, 2.05) is 0 Å². The van der Waals surface area contributed by atoms with Crippen LogP contribution in [-0.2, 0) is 5.88 Å². The smallest absolute Gasteiger partial charge is 0.0474 e. The molecule has 0 aliphatic carbocycles. The first-order chi connectivity index (χ1) is 6.69. The molecular formula is C12H18ClN. The Labute approximate surface area is 91.7 Å². The molecular weight excluding hydrogens is 194 g/mol. The van der Waals surface area contributed by atoms with Gasteiger partial charge >= 0.3 is 0 Å². The van der Waals surface area contributed by atoms with Crippen molar-refractivity contribution in [2.24, 2.45) is 0 Å². The first kappa shape index (κ1) is 11.4. The number of hydrogen-bond donors (Lipinski definition) is 0. The van der Waals surface area contributed by atoms with Crippen molar-refractivity contribution in [2.75, 3.05) is 11.9 Å². The Bertz CT molecular complexity index is 268. The molecule has 0 radical (unpaired) electrons. The van der Waals surface area contributed by atoms with Gasteiger partial charge in [-0.2, -0.15) is 0 Å². The number of anilines is 1. The largest absolute Gasteiger partial charge is 0.372 e. The quantitative estimate of drug-likeness (QED) is 0.688. The van der Waals surface area contributed by atoms with Gasteiger partial charge in [0.05, 0.1) is 0 Å². The maximum Gasteiger partial charge on any atom is 0.0474 e. The summed E-state index contributed by atoms with van der Waals surface area (Å²) in [6.45, 7) is 4.43. The van der Waals surface area contributed by atoms with Crippen molar-refractivity contribution >= 4 is 17.3 Å². The summed E-state index contributed by atoms with van der Waals surface area (Å²) in [6, 6.07) is 9.01. The van der Waals surface area contributed by atoms with Crippen LogP contribution in [0.15, 0.2) is 24.3 Å². The average Bonchev–Trinajstić information content (AvgIpc) is 2.27. The highest BCUT2D eigenvalue weighted by Gasteiger charge is 2.06. The molecule has 1 nitrogen and oxygen atoms in total. The molecule has 0 bridgehead atoms. The Kier molecular flexibility index (Phi) is 4.27. The molecule has 1 atom stereocenters. The van der Waals surface area contributed by atoms with Gasteiger partial charge < -0.3 is 4.90 Å². The van der Waals surface area contributed by atoms with Gasteiger partial charge in [-0.15, -0.1) is 11.6 Å². The van der Waals surface area contributed by atoms with Crippen molar-refractivity contribution in [3.8, 4) is 0 Å². The molecule has 0 heterocycles. The monoisotopic (exact) mass is 211 g/mol. The Morgan fingerprint density at radius 1 is 1.29 bits per heavy atom. The number of alkyl halides is 1. The summed E-state index contributed by atoms with van der Waals surface area (Å²) in [6.07, 6.45) is 1.16. The lowest BCUT2D eigenvalue weighted by molar-refractivity contribution is 0.664. The van der Waals surface area contributed by atoms with Crippen LogP contribution in [0.2, 0.25) is 0 Å².